The molecular formula is C17H18N4O2S. The van der Waals surface area contributed by atoms with E-state index < -0.39 is 0 Å². The van der Waals surface area contributed by atoms with Crippen molar-refractivity contribution in [2.24, 2.45) is 0 Å². The van der Waals surface area contributed by atoms with Crippen molar-refractivity contribution >= 4 is 22.4 Å². The van der Waals surface area contributed by atoms with Gasteiger partial charge in [-0.3, -0.25) is 14.6 Å². The van der Waals surface area contributed by atoms with Gasteiger partial charge in [0.1, 0.15) is 11.8 Å². The molecule has 7 heteroatoms. The van der Waals surface area contributed by atoms with E-state index in [2.05, 4.69) is 11.2 Å². The van der Waals surface area contributed by atoms with Crippen molar-refractivity contribution in [1.82, 2.24) is 9.88 Å². The van der Waals surface area contributed by atoms with Gasteiger partial charge in [-0.15, -0.1) is 11.3 Å². The van der Waals surface area contributed by atoms with Crippen LogP contribution in [0, 0.1) is 11.5 Å². The van der Waals surface area contributed by atoms with Crippen molar-refractivity contribution in [1.29, 1.82) is 5.26 Å². The minimum absolute atomic E-state index is 0.0828. The fourth-order valence-corrected chi connectivity index (χ4v) is 3.60. The lowest BCUT2D eigenvalue weighted by atomic mass is 10.2. The Kier molecular flexibility index (Phi) is 4.67. The van der Waals surface area contributed by atoms with Crippen LogP contribution in [0.25, 0.3) is 11.3 Å². The number of thiazole rings is 1. The van der Waals surface area contributed by atoms with Crippen LogP contribution in [-0.2, 0) is 4.79 Å². The van der Waals surface area contributed by atoms with E-state index >= 15 is 0 Å². The Morgan fingerprint density at radius 2 is 2.38 bits per heavy atom. The van der Waals surface area contributed by atoms with Crippen LogP contribution in [0.2, 0.25) is 0 Å². The molecule has 0 N–H and O–H groups in total. The summed E-state index contributed by atoms with van der Waals surface area (Å²) in [6, 6.07) is 7.28. The van der Waals surface area contributed by atoms with Crippen LogP contribution in [0.15, 0.2) is 29.6 Å². The molecule has 1 fully saturated rings. The lowest BCUT2D eigenvalue weighted by Crippen LogP contribution is -2.42. The Bertz CT molecular complexity index is 783. The van der Waals surface area contributed by atoms with Crippen LogP contribution in [0.1, 0.15) is 12.8 Å². The summed E-state index contributed by atoms with van der Waals surface area (Å²) in [5, 5.41) is 11.7. The number of rotatable bonds is 4. The monoisotopic (exact) mass is 342 g/mol. The molecule has 1 aliphatic rings. The number of ether oxygens (including phenoxy) is 1. The van der Waals surface area contributed by atoms with Crippen LogP contribution in [-0.4, -0.2) is 42.5 Å². The highest BCUT2D eigenvalue weighted by Gasteiger charge is 2.33. The van der Waals surface area contributed by atoms with Gasteiger partial charge in [-0.2, -0.15) is 5.26 Å². The van der Waals surface area contributed by atoms with Gasteiger partial charge < -0.3 is 4.74 Å². The van der Waals surface area contributed by atoms with Crippen LogP contribution in [0.3, 0.4) is 0 Å². The quantitative estimate of drug-likeness (QED) is 0.799. The van der Waals surface area contributed by atoms with Gasteiger partial charge >= 0.3 is 0 Å². The standard InChI is InChI=1S/C17H18N4O2S/c1-20(16(22)15-7-4-8-21(15)11-18)17-19-14(10-24-17)12-5-3-6-13(9-12)23-2/h3,5-6,9-10,15H,4,7-8H2,1-2H3/t15-/m0/s1. The lowest BCUT2D eigenvalue weighted by Gasteiger charge is -2.22. The first-order valence-corrected chi connectivity index (χ1v) is 8.56. The number of likely N-dealkylation sites (tertiary alicyclic amines) is 1. The summed E-state index contributed by atoms with van der Waals surface area (Å²) in [5.74, 6) is 0.683. The van der Waals surface area contributed by atoms with Crippen molar-refractivity contribution in [2.75, 3.05) is 25.6 Å². The Morgan fingerprint density at radius 1 is 1.54 bits per heavy atom. The van der Waals surface area contributed by atoms with Crippen molar-refractivity contribution in [3.05, 3.63) is 29.6 Å². The van der Waals surface area contributed by atoms with E-state index in [1.807, 2.05) is 29.6 Å². The van der Waals surface area contributed by atoms with Gasteiger partial charge in [0.15, 0.2) is 11.3 Å². The third-order valence-corrected chi connectivity index (χ3v) is 5.06. The zero-order valence-electron chi connectivity index (χ0n) is 13.6. The highest BCUT2D eigenvalue weighted by Crippen LogP contribution is 2.30. The van der Waals surface area contributed by atoms with Crippen LogP contribution in [0.5, 0.6) is 5.75 Å². The first-order chi connectivity index (χ1) is 11.6. The molecule has 0 spiro atoms. The maximum atomic E-state index is 12.6. The second-order valence-electron chi connectivity index (χ2n) is 5.60. The second kappa shape index (κ2) is 6.89. The second-order valence-corrected chi connectivity index (χ2v) is 6.43. The zero-order chi connectivity index (χ0) is 17.1. The third-order valence-electron chi connectivity index (χ3n) is 4.14. The number of benzene rings is 1. The SMILES string of the molecule is COc1cccc(-c2csc(N(C)C(=O)[C@@H]3CCCN3C#N)n2)c1. The largest absolute Gasteiger partial charge is 0.497 e. The number of methoxy groups -OCH3 is 1. The summed E-state index contributed by atoms with van der Waals surface area (Å²) in [4.78, 5) is 20.3. The normalized spacial score (nSPS) is 16.7. The third kappa shape index (κ3) is 3.05. The minimum Gasteiger partial charge on any atom is -0.497 e. The molecule has 1 atom stereocenters. The van der Waals surface area contributed by atoms with Crippen LogP contribution < -0.4 is 9.64 Å². The molecule has 1 aliphatic heterocycles. The molecule has 0 aliphatic carbocycles. The van der Waals surface area contributed by atoms with Crippen molar-refractivity contribution < 1.29 is 9.53 Å². The number of hydrogen-bond donors (Lipinski definition) is 0. The Morgan fingerprint density at radius 3 is 3.12 bits per heavy atom. The average molecular weight is 342 g/mol. The molecule has 0 unspecified atom stereocenters. The number of hydrogen-bond acceptors (Lipinski definition) is 6. The van der Waals surface area contributed by atoms with Crippen LogP contribution >= 0.6 is 11.3 Å². The van der Waals surface area contributed by atoms with Crippen molar-refractivity contribution in [2.45, 2.75) is 18.9 Å². The Hall–Kier alpha value is -2.59. The van der Waals surface area contributed by atoms with E-state index in [1.165, 1.54) is 11.3 Å². The topological polar surface area (TPSA) is 69.5 Å². The van der Waals surface area contributed by atoms with E-state index in [4.69, 9.17) is 10.00 Å². The lowest BCUT2D eigenvalue weighted by molar-refractivity contribution is -0.121. The smallest absolute Gasteiger partial charge is 0.251 e. The molecule has 6 nitrogen and oxygen atoms in total. The van der Waals surface area contributed by atoms with Gasteiger partial charge in [0.25, 0.3) is 5.91 Å². The first kappa shape index (κ1) is 16.3. The van der Waals surface area contributed by atoms with E-state index in [-0.39, 0.29) is 11.9 Å². The van der Waals surface area contributed by atoms with Crippen molar-refractivity contribution in [3.63, 3.8) is 0 Å². The molecule has 0 bridgehead atoms. The van der Waals surface area contributed by atoms with E-state index in [0.29, 0.717) is 18.1 Å². The fraction of sp³-hybridized carbons (Fsp3) is 0.353. The molecule has 3 rings (SSSR count). The zero-order valence-corrected chi connectivity index (χ0v) is 14.4. The molecule has 1 aromatic heterocycles. The minimum atomic E-state index is -0.371. The fourth-order valence-electron chi connectivity index (χ4n) is 2.79. The first-order valence-electron chi connectivity index (χ1n) is 7.68. The number of aromatic nitrogens is 1. The molecule has 1 saturated heterocycles. The number of carbonyl (C=O) groups excluding carboxylic acids is 1. The molecule has 124 valence electrons. The number of nitrogens with zero attached hydrogens (tertiary/aromatic N) is 4. The Labute approximate surface area is 144 Å². The molecule has 0 saturated carbocycles. The molecule has 1 aromatic carbocycles. The van der Waals surface area contributed by atoms with E-state index in [0.717, 1.165) is 23.4 Å². The van der Waals surface area contributed by atoms with Gasteiger partial charge in [0.05, 0.1) is 12.8 Å². The number of amides is 1. The van der Waals surface area contributed by atoms with Gasteiger partial charge in [-0.25, -0.2) is 4.98 Å². The summed E-state index contributed by atoms with van der Waals surface area (Å²) < 4.78 is 5.24. The molecular weight excluding hydrogens is 324 g/mol. The summed E-state index contributed by atoms with van der Waals surface area (Å²) in [6.45, 7) is 0.647. The summed E-state index contributed by atoms with van der Waals surface area (Å²) in [5.41, 5.74) is 1.74. The van der Waals surface area contributed by atoms with Gasteiger partial charge in [-0.05, 0) is 25.0 Å². The van der Waals surface area contributed by atoms with Crippen LogP contribution in [0.4, 0.5) is 5.13 Å². The number of anilines is 1. The highest BCUT2D eigenvalue weighted by atomic mass is 32.1. The van der Waals surface area contributed by atoms with Gasteiger partial charge in [0.2, 0.25) is 0 Å². The molecule has 1 amide bonds. The maximum absolute atomic E-state index is 12.6. The molecule has 24 heavy (non-hydrogen) atoms. The average Bonchev–Trinajstić information content (AvgIpc) is 3.29. The summed E-state index contributed by atoms with van der Waals surface area (Å²) in [6.07, 6.45) is 3.68. The molecule has 2 heterocycles. The van der Waals surface area contributed by atoms with Gasteiger partial charge in [-0.1, -0.05) is 12.1 Å². The number of carbonyl (C=O) groups is 1. The Balaban J connectivity index is 1.79. The van der Waals surface area contributed by atoms with E-state index in [1.54, 1.807) is 24.0 Å². The predicted octanol–water partition coefficient (Wildman–Crippen LogP) is 2.73. The number of nitriles is 1. The van der Waals surface area contributed by atoms with Crippen molar-refractivity contribution in [3.8, 4) is 23.2 Å². The summed E-state index contributed by atoms with van der Waals surface area (Å²) in [7, 11) is 3.34. The number of likely N-dealkylation sites (N-methyl/N-ethyl adjacent to an activating group) is 1. The van der Waals surface area contributed by atoms with Gasteiger partial charge in [0, 0.05) is 24.5 Å². The molecule has 0 radical (unpaired) electrons. The maximum Gasteiger partial charge on any atom is 0.251 e. The highest BCUT2D eigenvalue weighted by molar-refractivity contribution is 7.14. The summed E-state index contributed by atoms with van der Waals surface area (Å²) >= 11 is 1.41. The molecule has 2 aromatic rings. The van der Waals surface area contributed by atoms with E-state index in [9.17, 15) is 4.79 Å². The predicted molar refractivity (Wildman–Crippen MR) is 92.9 cm³/mol.